The minimum Gasteiger partial charge on any atom is -0.298 e. The highest BCUT2D eigenvalue weighted by Gasteiger charge is 2.04. The summed E-state index contributed by atoms with van der Waals surface area (Å²) < 4.78 is 14.3. The maximum Gasteiger partial charge on any atom is 0.152 e. The summed E-state index contributed by atoms with van der Waals surface area (Å²) in [5.74, 6) is -0.493. The van der Waals surface area contributed by atoms with Crippen molar-refractivity contribution in [3.63, 3.8) is 0 Å². The zero-order valence-electron chi connectivity index (χ0n) is 8.28. The first-order valence-corrected chi connectivity index (χ1v) is 5.50. The summed E-state index contributed by atoms with van der Waals surface area (Å²) in [5, 5.41) is 0. The molecule has 2 aromatic carbocycles. The average molecular weight is 279 g/mol. The van der Waals surface area contributed by atoms with E-state index < -0.39 is 5.82 Å². The van der Waals surface area contributed by atoms with Gasteiger partial charge in [0, 0.05) is 4.47 Å². The van der Waals surface area contributed by atoms with Gasteiger partial charge in [-0.1, -0.05) is 34.1 Å². The number of carbonyl (C=O) groups excluding carboxylic acids is 1. The predicted octanol–water partition coefficient (Wildman–Crippen LogP) is 4.07. The van der Waals surface area contributed by atoms with Crippen LogP contribution in [0.1, 0.15) is 10.4 Å². The Bertz CT molecular complexity index is 537. The fourth-order valence-electron chi connectivity index (χ4n) is 1.47. The summed E-state index contributed by atoms with van der Waals surface area (Å²) in [6.07, 6.45) is 0.514. The standard InChI is InChI=1S/C13H8BrFO/c14-12-3-1-2-9(6-12)10-4-5-11(8-16)13(15)7-10/h1-8H. The average Bonchev–Trinajstić information content (AvgIpc) is 2.29. The monoisotopic (exact) mass is 278 g/mol. The molecular weight excluding hydrogens is 271 g/mol. The Labute approximate surface area is 101 Å². The summed E-state index contributed by atoms with van der Waals surface area (Å²) in [6, 6.07) is 12.2. The van der Waals surface area contributed by atoms with Crippen LogP contribution in [0.5, 0.6) is 0 Å². The van der Waals surface area contributed by atoms with Crippen molar-refractivity contribution in [1.29, 1.82) is 0 Å². The van der Waals surface area contributed by atoms with Crippen LogP contribution >= 0.6 is 15.9 Å². The third-order valence-corrected chi connectivity index (χ3v) is 2.78. The Balaban J connectivity index is 2.49. The zero-order chi connectivity index (χ0) is 11.5. The first-order valence-electron chi connectivity index (χ1n) is 4.71. The number of halogens is 2. The van der Waals surface area contributed by atoms with E-state index in [2.05, 4.69) is 15.9 Å². The molecule has 0 heterocycles. The third-order valence-electron chi connectivity index (χ3n) is 2.29. The van der Waals surface area contributed by atoms with Crippen molar-refractivity contribution in [2.75, 3.05) is 0 Å². The summed E-state index contributed by atoms with van der Waals surface area (Å²) in [6.45, 7) is 0. The molecule has 80 valence electrons. The van der Waals surface area contributed by atoms with E-state index in [4.69, 9.17) is 0 Å². The van der Waals surface area contributed by atoms with Gasteiger partial charge in [-0.15, -0.1) is 0 Å². The Morgan fingerprint density at radius 2 is 1.81 bits per heavy atom. The highest BCUT2D eigenvalue weighted by Crippen LogP contribution is 2.24. The Morgan fingerprint density at radius 1 is 1.06 bits per heavy atom. The van der Waals surface area contributed by atoms with Gasteiger partial charge in [0.1, 0.15) is 5.82 Å². The molecule has 0 bridgehead atoms. The van der Waals surface area contributed by atoms with Gasteiger partial charge in [-0.3, -0.25) is 4.79 Å². The molecular formula is C13H8BrFO. The van der Waals surface area contributed by atoms with E-state index in [9.17, 15) is 9.18 Å². The summed E-state index contributed by atoms with van der Waals surface area (Å²) in [4.78, 5) is 10.5. The Kier molecular flexibility index (Phi) is 3.15. The van der Waals surface area contributed by atoms with Crippen LogP contribution < -0.4 is 0 Å². The van der Waals surface area contributed by atoms with Crippen molar-refractivity contribution in [2.24, 2.45) is 0 Å². The van der Waals surface area contributed by atoms with E-state index in [-0.39, 0.29) is 5.56 Å². The molecule has 0 aliphatic heterocycles. The molecule has 2 rings (SSSR count). The van der Waals surface area contributed by atoms with Gasteiger partial charge >= 0.3 is 0 Å². The molecule has 0 radical (unpaired) electrons. The van der Waals surface area contributed by atoms with Gasteiger partial charge in [0.15, 0.2) is 6.29 Å². The van der Waals surface area contributed by atoms with E-state index in [1.54, 1.807) is 6.07 Å². The van der Waals surface area contributed by atoms with Crippen molar-refractivity contribution >= 4 is 22.2 Å². The number of benzene rings is 2. The van der Waals surface area contributed by atoms with Crippen molar-refractivity contribution in [2.45, 2.75) is 0 Å². The minimum absolute atomic E-state index is 0.0822. The molecule has 0 saturated heterocycles. The fourth-order valence-corrected chi connectivity index (χ4v) is 1.87. The van der Waals surface area contributed by atoms with Gasteiger partial charge in [0.2, 0.25) is 0 Å². The summed E-state index contributed by atoms with van der Waals surface area (Å²) >= 11 is 3.36. The number of carbonyl (C=O) groups is 1. The van der Waals surface area contributed by atoms with E-state index in [1.807, 2.05) is 24.3 Å². The summed E-state index contributed by atoms with van der Waals surface area (Å²) in [5.41, 5.74) is 1.74. The highest BCUT2D eigenvalue weighted by molar-refractivity contribution is 9.10. The SMILES string of the molecule is O=Cc1ccc(-c2cccc(Br)c2)cc1F. The maximum atomic E-state index is 13.4. The lowest BCUT2D eigenvalue weighted by molar-refractivity contribution is 0.112. The molecule has 0 aromatic heterocycles. The third kappa shape index (κ3) is 2.19. The lowest BCUT2D eigenvalue weighted by atomic mass is 10.0. The Morgan fingerprint density at radius 3 is 2.44 bits per heavy atom. The number of hydrogen-bond donors (Lipinski definition) is 0. The van der Waals surface area contributed by atoms with Gasteiger partial charge in [-0.25, -0.2) is 4.39 Å². The highest BCUT2D eigenvalue weighted by atomic mass is 79.9. The van der Waals surface area contributed by atoms with Gasteiger partial charge < -0.3 is 0 Å². The lowest BCUT2D eigenvalue weighted by Gasteiger charge is -2.03. The van der Waals surface area contributed by atoms with Crippen LogP contribution in [0.2, 0.25) is 0 Å². The topological polar surface area (TPSA) is 17.1 Å². The molecule has 0 amide bonds. The number of aldehydes is 1. The lowest BCUT2D eigenvalue weighted by Crippen LogP contribution is -1.88. The van der Waals surface area contributed by atoms with Gasteiger partial charge in [0.25, 0.3) is 0 Å². The predicted molar refractivity (Wildman–Crippen MR) is 64.9 cm³/mol. The molecule has 1 nitrogen and oxygen atoms in total. The second-order valence-electron chi connectivity index (χ2n) is 3.36. The fraction of sp³-hybridized carbons (Fsp3) is 0. The molecule has 2 aromatic rings. The maximum absolute atomic E-state index is 13.4. The van der Waals surface area contributed by atoms with E-state index in [0.29, 0.717) is 6.29 Å². The smallest absolute Gasteiger partial charge is 0.152 e. The molecule has 0 atom stereocenters. The Hall–Kier alpha value is -1.48. The van der Waals surface area contributed by atoms with E-state index >= 15 is 0 Å². The van der Waals surface area contributed by atoms with Crippen LogP contribution in [-0.2, 0) is 0 Å². The largest absolute Gasteiger partial charge is 0.298 e. The second-order valence-corrected chi connectivity index (χ2v) is 4.28. The van der Waals surface area contributed by atoms with Crippen molar-refractivity contribution < 1.29 is 9.18 Å². The molecule has 0 fully saturated rings. The minimum atomic E-state index is -0.493. The van der Waals surface area contributed by atoms with Crippen LogP contribution in [0.25, 0.3) is 11.1 Å². The molecule has 16 heavy (non-hydrogen) atoms. The molecule has 0 spiro atoms. The van der Waals surface area contributed by atoms with Crippen LogP contribution in [-0.4, -0.2) is 6.29 Å². The molecule has 0 aliphatic carbocycles. The van der Waals surface area contributed by atoms with E-state index in [0.717, 1.165) is 15.6 Å². The molecule has 0 unspecified atom stereocenters. The molecule has 3 heteroatoms. The van der Waals surface area contributed by atoms with Gasteiger partial charge in [-0.05, 0) is 35.4 Å². The zero-order valence-corrected chi connectivity index (χ0v) is 9.87. The number of rotatable bonds is 2. The second kappa shape index (κ2) is 4.58. The van der Waals surface area contributed by atoms with Crippen LogP contribution in [0.3, 0.4) is 0 Å². The van der Waals surface area contributed by atoms with Crippen molar-refractivity contribution in [3.05, 3.63) is 58.3 Å². The van der Waals surface area contributed by atoms with Crippen molar-refractivity contribution in [1.82, 2.24) is 0 Å². The summed E-state index contributed by atoms with van der Waals surface area (Å²) in [7, 11) is 0. The molecule has 0 aliphatic rings. The normalized spacial score (nSPS) is 10.1. The first kappa shape index (κ1) is 11.0. The van der Waals surface area contributed by atoms with Crippen LogP contribution in [0, 0.1) is 5.82 Å². The first-order chi connectivity index (χ1) is 7.70. The number of hydrogen-bond acceptors (Lipinski definition) is 1. The van der Waals surface area contributed by atoms with Crippen LogP contribution in [0.15, 0.2) is 46.9 Å². The quantitative estimate of drug-likeness (QED) is 0.757. The van der Waals surface area contributed by atoms with Crippen molar-refractivity contribution in [3.8, 4) is 11.1 Å². The van der Waals surface area contributed by atoms with Crippen LogP contribution in [0.4, 0.5) is 4.39 Å². The van der Waals surface area contributed by atoms with Gasteiger partial charge in [-0.2, -0.15) is 0 Å². The van der Waals surface area contributed by atoms with Gasteiger partial charge in [0.05, 0.1) is 5.56 Å². The molecule has 0 saturated carbocycles. The van der Waals surface area contributed by atoms with E-state index in [1.165, 1.54) is 12.1 Å². The molecule has 0 N–H and O–H groups in total.